The number of carbonyl (C=O) groups excluding carboxylic acids is 1. The Hall–Kier alpha value is -1.13. The van der Waals surface area contributed by atoms with Gasteiger partial charge in [0.05, 0.1) is 13.1 Å². The summed E-state index contributed by atoms with van der Waals surface area (Å²) < 4.78 is 12.4. The van der Waals surface area contributed by atoms with E-state index in [9.17, 15) is 14.0 Å². The molecule has 15 heavy (non-hydrogen) atoms. The molecule has 0 aliphatic carbocycles. The van der Waals surface area contributed by atoms with E-state index in [4.69, 9.17) is 5.11 Å². The molecule has 1 fully saturated rings. The fourth-order valence-electron chi connectivity index (χ4n) is 1.79. The van der Waals surface area contributed by atoms with E-state index in [0.717, 1.165) is 12.8 Å². The highest BCUT2D eigenvalue weighted by molar-refractivity contribution is 5.80. The van der Waals surface area contributed by atoms with Gasteiger partial charge >= 0.3 is 5.97 Å². The number of alkyl halides is 1. The molecular weight excluding hydrogens is 201 g/mol. The van der Waals surface area contributed by atoms with Crippen molar-refractivity contribution in [3.8, 4) is 0 Å². The summed E-state index contributed by atoms with van der Waals surface area (Å²) >= 11 is 0. The topological polar surface area (TPSA) is 57.6 Å². The maximum Gasteiger partial charge on any atom is 0.303 e. The zero-order valence-corrected chi connectivity index (χ0v) is 8.62. The highest BCUT2D eigenvalue weighted by Gasteiger charge is 2.23. The van der Waals surface area contributed by atoms with Crippen molar-refractivity contribution in [2.24, 2.45) is 5.92 Å². The minimum absolute atomic E-state index is 0.0222. The van der Waals surface area contributed by atoms with Crippen LogP contribution in [0.4, 0.5) is 4.39 Å². The SMILES string of the molecule is O=C(O)CCC(=O)N1CCC[C@H](CF)C1. The normalized spacial score (nSPS) is 21.4. The van der Waals surface area contributed by atoms with Crippen molar-refractivity contribution in [3.05, 3.63) is 0 Å². The zero-order chi connectivity index (χ0) is 11.3. The van der Waals surface area contributed by atoms with Crippen LogP contribution in [0.3, 0.4) is 0 Å². The largest absolute Gasteiger partial charge is 0.481 e. The van der Waals surface area contributed by atoms with Gasteiger partial charge in [0.1, 0.15) is 0 Å². The first-order valence-electron chi connectivity index (χ1n) is 5.19. The summed E-state index contributed by atoms with van der Waals surface area (Å²) in [5.74, 6) is -1.20. The van der Waals surface area contributed by atoms with E-state index < -0.39 is 12.6 Å². The maximum atomic E-state index is 12.4. The van der Waals surface area contributed by atoms with Gasteiger partial charge in [0, 0.05) is 25.4 Å². The minimum Gasteiger partial charge on any atom is -0.481 e. The van der Waals surface area contributed by atoms with Crippen LogP contribution in [-0.4, -0.2) is 41.6 Å². The molecule has 0 saturated carbocycles. The first kappa shape index (κ1) is 11.9. The second-order valence-electron chi connectivity index (χ2n) is 3.90. The Kier molecular flexibility index (Phi) is 4.52. The lowest BCUT2D eigenvalue weighted by Gasteiger charge is -2.31. The summed E-state index contributed by atoms with van der Waals surface area (Å²) in [5.41, 5.74) is 0. The molecular formula is C10H16FNO3. The number of nitrogens with zero attached hydrogens (tertiary/aromatic N) is 1. The molecule has 86 valence electrons. The molecule has 1 atom stereocenters. The third kappa shape index (κ3) is 3.85. The van der Waals surface area contributed by atoms with Gasteiger partial charge in [0.25, 0.3) is 0 Å². The lowest BCUT2D eigenvalue weighted by atomic mass is 9.99. The van der Waals surface area contributed by atoms with E-state index >= 15 is 0 Å². The van der Waals surface area contributed by atoms with Crippen LogP contribution in [-0.2, 0) is 9.59 Å². The van der Waals surface area contributed by atoms with E-state index in [1.54, 1.807) is 4.90 Å². The molecule has 1 amide bonds. The summed E-state index contributed by atoms with van der Waals surface area (Å²) in [4.78, 5) is 23.4. The number of carbonyl (C=O) groups is 2. The Morgan fingerprint density at radius 1 is 1.40 bits per heavy atom. The van der Waals surface area contributed by atoms with E-state index in [-0.39, 0.29) is 24.7 Å². The monoisotopic (exact) mass is 217 g/mol. The van der Waals surface area contributed by atoms with Crippen molar-refractivity contribution in [2.75, 3.05) is 19.8 Å². The van der Waals surface area contributed by atoms with Gasteiger partial charge < -0.3 is 10.0 Å². The fourth-order valence-corrected chi connectivity index (χ4v) is 1.79. The molecule has 0 spiro atoms. The Bertz CT molecular complexity index is 245. The van der Waals surface area contributed by atoms with Crippen LogP contribution in [0, 0.1) is 5.92 Å². The molecule has 4 nitrogen and oxygen atoms in total. The average Bonchev–Trinajstić information content (AvgIpc) is 2.26. The molecule has 5 heteroatoms. The Labute approximate surface area is 88.1 Å². The van der Waals surface area contributed by atoms with Gasteiger partial charge in [-0.1, -0.05) is 0 Å². The molecule has 1 saturated heterocycles. The van der Waals surface area contributed by atoms with Gasteiger partial charge in [0.15, 0.2) is 0 Å². The summed E-state index contributed by atoms with van der Waals surface area (Å²) in [6.45, 7) is 0.673. The van der Waals surface area contributed by atoms with Gasteiger partial charge in [-0.3, -0.25) is 14.0 Å². The molecule has 1 heterocycles. The Morgan fingerprint density at radius 3 is 2.73 bits per heavy atom. The third-order valence-corrected chi connectivity index (χ3v) is 2.64. The minimum atomic E-state index is -0.970. The standard InChI is InChI=1S/C10H16FNO3/c11-6-8-2-1-5-12(7-8)9(13)3-4-10(14)15/h8H,1-7H2,(H,14,15)/t8-/m1/s1. The van der Waals surface area contributed by atoms with Crippen molar-refractivity contribution >= 4 is 11.9 Å². The van der Waals surface area contributed by atoms with Crippen molar-refractivity contribution < 1.29 is 19.1 Å². The number of halogens is 1. The highest BCUT2D eigenvalue weighted by Crippen LogP contribution is 2.17. The third-order valence-electron chi connectivity index (χ3n) is 2.64. The van der Waals surface area contributed by atoms with Crippen LogP contribution in [0.5, 0.6) is 0 Å². The Morgan fingerprint density at radius 2 is 2.13 bits per heavy atom. The molecule has 1 N–H and O–H groups in total. The van der Waals surface area contributed by atoms with Crippen LogP contribution in [0.1, 0.15) is 25.7 Å². The smallest absolute Gasteiger partial charge is 0.303 e. The zero-order valence-electron chi connectivity index (χ0n) is 8.62. The number of rotatable bonds is 4. The van der Waals surface area contributed by atoms with Crippen LogP contribution in [0.2, 0.25) is 0 Å². The van der Waals surface area contributed by atoms with Gasteiger partial charge in [-0.05, 0) is 12.8 Å². The van der Waals surface area contributed by atoms with Crippen molar-refractivity contribution in [1.82, 2.24) is 4.90 Å². The second-order valence-corrected chi connectivity index (χ2v) is 3.90. The molecule has 1 aliphatic rings. The predicted molar refractivity (Wildman–Crippen MR) is 52.1 cm³/mol. The van der Waals surface area contributed by atoms with Crippen molar-refractivity contribution in [2.45, 2.75) is 25.7 Å². The number of carboxylic acid groups (broad SMARTS) is 1. The average molecular weight is 217 g/mol. The van der Waals surface area contributed by atoms with E-state index in [0.29, 0.717) is 13.1 Å². The molecule has 0 unspecified atom stereocenters. The molecule has 1 rings (SSSR count). The highest BCUT2D eigenvalue weighted by atomic mass is 19.1. The molecule has 0 aromatic rings. The number of piperidine rings is 1. The van der Waals surface area contributed by atoms with E-state index in [2.05, 4.69) is 0 Å². The van der Waals surface area contributed by atoms with Crippen LogP contribution < -0.4 is 0 Å². The number of hydrogen-bond acceptors (Lipinski definition) is 2. The number of likely N-dealkylation sites (tertiary alicyclic amines) is 1. The van der Waals surface area contributed by atoms with Crippen LogP contribution in [0.25, 0.3) is 0 Å². The maximum absolute atomic E-state index is 12.4. The molecule has 0 radical (unpaired) electrons. The summed E-state index contributed by atoms with van der Waals surface area (Å²) in [6.07, 6.45) is 1.51. The van der Waals surface area contributed by atoms with Crippen molar-refractivity contribution in [3.63, 3.8) is 0 Å². The number of aliphatic carboxylic acids is 1. The van der Waals surface area contributed by atoms with Gasteiger partial charge in [0.2, 0.25) is 5.91 Å². The lowest BCUT2D eigenvalue weighted by molar-refractivity contribution is -0.141. The number of amides is 1. The van der Waals surface area contributed by atoms with Crippen molar-refractivity contribution in [1.29, 1.82) is 0 Å². The molecule has 0 aromatic heterocycles. The van der Waals surface area contributed by atoms with Gasteiger partial charge in [-0.25, -0.2) is 0 Å². The van der Waals surface area contributed by atoms with Gasteiger partial charge in [-0.15, -0.1) is 0 Å². The van der Waals surface area contributed by atoms with Crippen LogP contribution >= 0.6 is 0 Å². The van der Waals surface area contributed by atoms with E-state index in [1.165, 1.54) is 0 Å². The number of hydrogen-bond donors (Lipinski definition) is 1. The first-order chi connectivity index (χ1) is 7.13. The summed E-state index contributed by atoms with van der Waals surface area (Å²) in [5, 5.41) is 8.43. The quantitative estimate of drug-likeness (QED) is 0.766. The molecule has 0 bridgehead atoms. The summed E-state index contributed by atoms with van der Waals surface area (Å²) in [6, 6.07) is 0. The fraction of sp³-hybridized carbons (Fsp3) is 0.800. The first-order valence-corrected chi connectivity index (χ1v) is 5.19. The molecule has 0 aromatic carbocycles. The van der Waals surface area contributed by atoms with Gasteiger partial charge in [-0.2, -0.15) is 0 Å². The molecule has 1 aliphatic heterocycles. The predicted octanol–water partition coefficient (Wildman–Crippen LogP) is 1.06. The Balaban J connectivity index is 2.35. The summed E-state index contributed by atoms with van der Waals surface area (Å²) in [7, 11) is 0. The number of carboxylic acids is 1. The van der Waals surface area contributed by atoms with Crippen LogP contribution in [0.15, 0.2) is 0 Å². The lowest BCUT2D eigenvalue weighted by Crippen LogP contribution is -2.40. The second kappa shape index (κ2) is 5.68. The van der Waals surface area contributed by atoms with E-state index in [1.807, 2.05) is 0 Å².